The summed E-state index contributed by atoms with van der Waals surface area (Å²) in [6.07, 6.45) is 0. The second-order valence-electron chi connectivity index (χ2n) is 15.9. The molecule has 0 bridgehead atoms. The van der Waals surface area contributed by atoms with Crippen molar-refractivity contribution < 1.29 is 0 Å². The van der Waals surface area contributed by atoms with E-state index in [4.69, 9.17) is 0 Å². The van der Waals surface area contributed by atoms with E-state index in [0.717, 1.165) is 17.1 Å². The van der Waals surface area contributed by atoms with Crippen molar-refractivity contribution in [3.05, 3.63) is 259 Å². The van der Waals surface area contributed by atoms with Crippen LogP contribution >= 0.6 is 0 Å². The van der Waals surface area contributed by atoms with E-state index in [1.807, 2.05) is 0 Å². The fourth-order valence-electron chi connectivity index (χ4n) is 10.5. The molecule has 0 unspecified atom stereocenters. The lowest BCUT2D eigenvalue weighted by Crippen LogP contribution is -2.26. The summed E-state index contributed by atoms with van der Waals surface area (Å²) >= 11 is 0. The van der Waals surface area contributed by atoms with Crippen LogP contribution in [0.5, 0.6) is 0 Å². The van der Waals surface area contributed by atoms with Crippen molar-refractivity contribution in [2.24, 2.45) is 0 Å². The molecule has 1 spiro atoms. The van der Waals surface area contributed by atoms with E-state index in [2.05, 4.69) is 241 Å². The summed E-state index contributed by atoms with van der Waals surface area (Å²) in [4.78, 5) is 2.36. The number of nitrogens with zero attached hydrogens (tertiary/aromatic N) is 1. The van der Waals surface area contributed by atoms with Crippen molar-refractivity contribution in [2.75, 3.05) is 4.90 Å². The summed E-state index contributed by atoms with van der Waals surface area (Å²) in [6.45, 7) is 0. The number of fused-ring (bicyclic) bond motifs is 12. The smallest absolute Gasteiger partial charge is 0.0731 e. The largest absolute Gasteiger partial charge is 0.311 e. The minimum Gasteiger partial charge on any atom is -0.311 e. The molecular weight excluding hydrogens is 723 g/mol. The van der Waals surface area contributed by atoms with E-state index in [9.17, 15) is 0 Å². The Bertz CT molecular complexity index is 3170. The molecule has 0 saturated carbocycles. The summed E-state index contributed by atoms with van der Waals surface area (Å²) < 4.78 is 0. The monoisotopic (exact) mass is 761 g/mol. The molecule has 0 heterocycles. The summed E-state index contributed by atoms with van der Waals surface area (Å²) in [5.41, 5.74) is 20.9. The molecule has 10 aromatic rings. The second-order valence-corrected chi connectivity index (χ2v) is 15.9. The molecule has 0 radical (unpaired) electrons. The number of anilines is 3. The highest BCUT2D eigenvalue weighted by Crippen LogP contribution is 2.66. The minimum absolute atomic E-state index is 0.474. The van der Waals surface area contributed by atoms with Gasteiger partial charge in [-0.1, -0.05) is 200 Å². The molecule has 2 aliphatic carbocycles. The lowest BCUT2D eigenvalue weighted by atomic mass is 9.68. The third-order valence-electron chi connectivity index (χ3n) is 12.9. The van der Waals surface area contributed by atoms with Crippen LogP contribution in [0.15, 0.2) is 237 Å². The van der Waals surface area contributed by atoms with E-state index in [0.29, 0.717) is 0 Å². The van der Waals surface area contributed by atoms with Gasteiger partial charge < -0.3 is 4.90 Å². The highest BCUT2D eigenvalue weighted by atomic mass is 15.1. The lowest BCUT2D eigenvalue weighted by Gasteiger charge is -2.32. The number of hydrogen-bond donors (Lipinski definition) is 0. The van der Waals surface area contributed by atoms with Crippen molar-refractivity contribution in [2.45, 2.75) is 5.41 Å². The molecule has 0 fully saturated rings. The fraction of sp³-hybridized carbons (Fsp3) is 0.0169. The highest BCUT2D eigenvalue weighted by molar-refractivity contribution is 6.16. The Kier molecular flexibility index (Phi) is 7.83. The van der Waals surface area contributed by atoms with Gasteiger partial charge in [0.25, 0.3) is 0 Å². The Hall–Kier alpha value is -7.74. The van der Waals surface area contributed by atoms with Gasteiger partial charge in [0, 0.05) is 17.1 Å². The zero-order valence-electron chi connectivity index (χ0n) is 33.0. The maximum Gasteiger partial charge on any atom is 0.0731 e. The van der Waals surface area contributed by atoms with Gasteiger partial charge in [-0.15, -0.1) is 0 Å². The van der Waals surface area contributed by atoms with Gasteiger partial charge >= 0.3 is 0 Å². The van der Waals surface area contributed by atoms with Crippen molar-refractivity contribution in [3.63, 3.8) is 0 Å². The molecule has 0 N–H and O–H groups in total. The van der Waals surface area contributed by atoms with Gasteiger partial charge in [-0.25, -0.2) is 0 Å². The first-order chi connectivity index (χ1) is 29.8. The topological polar surface area (TPSA) is 3.24 Å². The molecule has 0 aromatic heterocycles. The predicted octanol–water partition coefficient (Wildman–Crippen LogP) is 15.7. The van der Waals surface area contributed by atoms with Gasteiger partial charge in [0.1, 0.15) is 0 Å². The van der Waals surface area contributed by atoms with Crippen molar-refractivity contribution >= 4 is 27.8 Å². The normalized spacial score (nSPS) is 12.8. The molecule has 0 atom stereocenters. The van der Waals surface area contributed by atoms with Crippen molar-refractivity contribution in [3.8, 4) is 55.6 Å². The third-order valence-corrected chi connectivity index (χ3v) is 12.9. The molecular formula is C59H39N. The van der Waals surface area contributed by atoms with E-state index < -0.39 is 5.41 Å². The Balaban J connectivity index is 1.13. The zero-order valence-corrected chi connectivity index (χ0v) is 33.0. The van der Waals surface area contributed by atoms with Crippen molar-refractivity contribution in [1.82, 2.24) is 0 Å². The third kappa shape index (κ3) is 4.99. The molecule has 0 aliphatic heterocycles. The summed E-state index contributed by atoms with van der Waals surface area (Å²) in [6, 6.07) is 87.1. The highest BCUT2D eigenvalue weighted by Gasteiger charge is 2.53. The molecule has 0 amide bonds. The summed E-state index contributed by atoms with van der Waals surface area (Å²) in [7, 11) is 0. The number of para-hydroxylation sites is 1. The molecule has 0 saturated heterocycles. The number of rotatable bonds is 6. The van der Waals surface area contributed by atoms with Crippen LogP contribution in [-0.4, -0.2) is 0 Å². The molecule has 1 nitrogen and oxygen atoms in total. The minimum atomic E-state index is -0.474. The van der Waals surface area contributed by atoms with Crippen molar-refractivity contribution in [1.29, 1.82) is 0 Å². The van der Waals surface area contributed by atoms with Gasteiger partial charge in [-0.3, -0.25) is 0 Å². The van der Waals surface area contributed by atoms with E-state index in [-0.39, 0.29) is 0 Å². The SMILES string of the molecule is c1ccc(-c2ccc(N(c3ccccc3)c3ccc(-c4c5c(c6ccccc6c4-c4ccccc4)C4(c6ccccc6-c6ccccc64)c4ccccc4-5)cc3)cc2)cc1. The molecule has 60 heavy (non-hydrogen) atoms. The van der Waals surface area contributed by atoms with Gasteiger partial charge in [0.15, 0.2) is 0 Å². The van der Waals surface area contributed by atoms with Crippen LogP contribution < -0.4 is 4.90 Å². The maximum atomic E-state index is 2.39. The van der Waals surface area contributed by atoms with Crippen LogP contribution in [0, 0.1) is 0 Å². The van der Waals surface area contributed by atoms with E-state index >= 15 is 0 Å². The lowest BCUT2D eigenvalue weighted by molar-refractivity contribution is 0.801. The molecule has 1 heteroatoms. The van der Waals surface area contributed by atoms with Gasteiger partial charge in [0.2, 0.25) is 0 Å². The fourth-order valence-corrected chi connectivity index (χ4v) is 10.5. The average Bonchev–Trinajstić information content (AvgIpc) is 3.80. The van der Waals surface area contributed by atoms with Gasteiger partial charge in [0.05, 0.1) is 5.41 Å². The van der Waals surface area contributed by atoms with E-state index in [1.165, 1.54) is 88.7 Å². The number of benzene rings is 10. The van der Waals surface area contributed by atoms with E-state index in [1.54, 1.807) is 0 Å². The van der Waals surface area contributed by atoms with Crippen LogP contribution in [0.3, 0.4) is 0 Å². The van der Waals surface area contributed by atoms with Crippen LogP contribution in [0.4, 0.5) is 17.1 Å². The summed E-state index contributed by atoms with van der Waals surface area (Å²) in [5, 5.41) is 2.56. The predicted molar refractivity (Wildman–Crippen MR) is 251 cm³/mol. The van der Waals surface area contributed by atoms with Crippen LogP contribution in [0.25, 0.3) is 66.4 Å². The van der Waals surface area contributed by atoms with Gasteiger partial charge in [-0.2, -0.15) is 0 Å². The quantitative estimate of drug-likeness (QED) is 0.163. The van der Waals surface area contributed by atoms with Crippen LogP contribution in [0.1, 0.15) is 22.3 Å². The first-order valence-corrected chi connectivity index (χ1v) is 20.9. The average molecular weight is 762 g/mol. The molecule has 280 valence electrons. The van der Waals surface area contributed by atoms with Crippen LogP contribution in [-0.2, 0) is 5.41 Å². The Morgan fingerprint density at radius 1 is 0.250 bits per heavy atom. The molecule has 10 aromatic carbocycles. The molecule has 2 aliphatic rings. The van der Waals surface area contributed by atoms with Crippen LogP contribution in [0.2, 0.25) is 0 Å². The Morgan fingerprint density at radius 2 is 0.633 bits per heavy atom. The second kappa shape index (κ2) is 13.7. The maximum absolute atomic E-state index is 2.39. The Labute approximate surface area is 351 Å². The summed E-state index contributed by atoms with van der Waals surface area (Å²) in [5.74, 6) is 0. The standard InChI is InChI=1S/C59H39N/c1-4-18-40(19-5-1)41-32-36-45(37-33-41)60(44-22-8-3-9-23-44)46-38-34-43(35-39-46)56-55(42-20-6-2-7-21-42)49-26-10-11-27-50(49)58-57(56)51-28-14-17-31-54(51)59(58)52-29-15-12-24-47(52)48-25-13-16-30-53(48)59/h1-39H. The number of hydrogen-bond acceptors (Lipinski definition) is 1. The first-order valence-electron chi connectivity index (χ1n) is 20.9. The Morgan fingerprint density at radius 3 is 1.22 bits per heavy atom. The van der Waals surface area contributed by atoms with Gasteiger partial charge in [-0.05, 0) is 125 Å². The first kappa shape index (κ1) is 34.3. The molecule has 12 rings (SSSR count). The zero-order chi connectivity index (χ0) is 39.6.